The summed E-state index contributed by atoms with van der Waals surface area (Å²) in [6, 6.07) is 5.79. The fourth-order valence-corrected chi connectivity index (χ4v) is 11.2. The number of sulfonamides is 1. The Morgan fingerprint density at radius 3 is 2.39 bits per heavy atom. The third-order valence-corrected chi connectivity index (χ3v) is 15.3. The van der Waals surface area contributed by atoms with Crippen LogP contribution in [0.25, 0.3) is 0 Å². The quantitative estimate of drug-likeness (QED) is 0.321. The molecule has 1 aromatic carbocycles. The predicted octanol–water partition coefficient (Wildman–Crippen LogP) is 4.22. The van der Waals surface area contributed by atoms with Crippen molar-refractivity contribution < 1.29 is 41.9 Å². The monoisotopic (exact) mass is 836 g/mol. The molecule has 8 rings (SSSR count). The van der Waals surface area contributed by atoms with E-state index in [4.69, 9.17) is 9.47 Å². The highest BCUT2D eigenvalue weighted by atomic mass is 32.2. The Hall–Kier alpha value is -4.18. The number of piperidine rings is 1. The number of hydrogen-bond acceptors (Lipinski definition) is 10. The lowest BCUT2D eigenvalue weighted by atomic mass is 9.92. The van der Waals surface area contributed by atoms with Crippen LogP contribution in [0, 0.1) is 5.92 Å². The van der Waals surface area contributed by atoms with Crippen molar-refractivity contribution in [3.8, 4) is 0 Å². The average molecular weight is 837 g/mol. The number of hydrogen-bond donors (Lipinski definition) is 3. The zero-order valence-electron chi connectivity index (χ0n) is 34.0. The summed E-state index contributed by atoms with van der Waals surface area (Å²) in [6.45, 7) is 2.96. The average Bonchev–Trinajstić information content (AvgIpc) is 4.10. The van der Waals surface area contributed by atoms with Gasteiger partial charge < -0.3 is 29.9 Å². The van der Waals surface area contributed by atoms with E-state index < -0.39 is 74.8 Å². The zero-order chi connectivity index (χ0) is 41.1. The van der Waals surface area contributed by atoms with Crippen molar-refractivity contribution in [1.29, 1.82) is 0 Å². The van der Waals surface area contributed by atoms with Gasteiger partial charge >= 0.3 is 12.2 Å². The minimum Gasteiger partial charge on any atom is -0.446 e. The Bertz CT molecular complexity index is 1890. The molecule has 7 aliphatic rings. The van der Waals surface area contributed by atoms with Crippen LogP contribution >= 0.6 is 0 Å². The summed E-state index contributed by atoms with van der Waals surface area (Å²) in [6.07, 6.45) is 13.4. The maximum absolute atomic E-state index is 14.7. The minimum absolute atomic E-state index is 0.0393. The molecule has 5 fully saturated rings. The molecular weight excluding hydrogens is 777 g/mol. The van der Waals surface area contributed by atoms with E-state index in [9.17, 15) is 32.4 Å². The molecule has 16 heteroatoms. The normalized spacial score (nSPS) is 31.4. The molecule has 5 amide bonds. The van der Waals surface area contributed by atoms with Crippen LogP contribution < -0.4 is 15.4 Å². The number of allylic oxidation sites excluding steroid dienone is 1. The number of carbonyl (C=O) groups excluding carboxylic acids is 5. The number of alkyl carbamates (subject to hydrolysis) is 1. The number of nitrogens with one attached hydrogen (secondary N) is 3. The number of fused-ring (bicyclic) bond motifs is 3. The number of rotatable bonds is 8. The lowest BCUT2D eigenvalue weighted by molar-refractivity contribution is -0.141. The van der Waals surface area contributed by atoms with Crippen molar-refractivity contribution in [2.75, 3.05) is 32.7 Å². The first-order valence-electron chi connectivity index (χ1n) is 22.1. The van der Waals surface area contributed by atoms with Crippen LogP contribution in [0.3, 0.4) is 0 Å². The Morgan fingerprint density at radius 2 is 1.61 bits per heavy atom. The van der Waals surface area contributed by atoms with Crippen LogP contribution in [0.2, 0.25) is 0 Å². The van der Waals surface area contributed by atoms with Gasteiger partial charge in [-0.15, -0.1) is 0 Å². The number of benzene rings is 1. The van der Waals surface area contributed by atoms with E-state index in [0.717, 1.165) is 70.0 Å². The van der Waals surface area contributed by atoms with E-state index in [-0.39, 0.29) is 31.5 Å². The molecule has 4 aliphatic heterocycles. The van der Waals surface area contributed by atoms with Gasteiger partial charge in [0, 0.05) is 25.4 Å². The number of nitrogens with zero attached hydrogens (tertiary/aromatic N) is 3. The maximum Gasteiger partial charge on any atom is 0.410 e. The van der Waals surface area contributed by atoms with Gasteiger partial charge in [-0.1, -0.05) is 55.7 Å². The van der Waals surface area contributed by atoms with Gasteiger partial charge in [0.2, 0.25) is 21.8 Å². The molecule has 0 aromatic heterocycles. The van der Waals surface area contributed by atoms with Crippen LogP contribution in [0.15, 0.2) is 36.4 Å². The Labute approximate surface area is 347 Å². The third kappa shape index (κ3) is 9.58. The van der Waals surface area contributed by atoms with Crippen molar-refractivity contribution in [3.05, 3.63) is 47.5 Å². The third-order valence-electron chi connectivity index (χ3n) is 13.5. The van der Waals surface area contributed by atoms with E-state index >= 15 is 0 Å². The second kappa shape index (κ2) is 17.8. The fraction of sp³-hybridized carbons (Fsp3) is 0.698. The summed E-state index contributed by atoms with van der Waals surface area (Å²) in [4.78, 5) is 76.0. The Kier molecular flexibility index (Phi) is 12.5. The molecule has 0 bridgehead atoms. The summed E-state index contributed by atoms with van der Waals surface area (Å²) in [7, 11) is -3.91. The fourth-order valence-electron chi connectivity index (χ4n) is 9.85. The minimum atomic E-state index is -3.91. The van der Waals surface area contributed by atoms with Gasteiger partial charge in [0.1, 0.15) is 29.8 Å². The molecule has 3 aliphatic carbocycles. The second-order valence-electron chi connectivity index (χ2n) is 17.8. The molecule has 6 atom stereocenters. The largest absolute Gasteiger partial charge is 0.446 e. The van der Waals surface area contributed by atoms with E-state index in [1.807, 2.05) is 24.3 Å². The highest BCUT2D eigenvalue weighted by Gasteiger charge is 2.62. The molecule has 2 saturated heterocycles. The van der Waals surface area contributed by atoms with E-state index in [1.54, 1.807) is 4.90 Å². The van der Waals surface area contributed by atoms with E-state index in [0.29, 0.717) is 51.6 Å². The molecule has 0 unspecified atom stereocenters. The van der Waals surface area contributed by atoms with Gasteiger partial charge in [-0.3, -0.25) is 24.0 Å². The lowest BCUT2D eigenvalue weighted by Crippen LogP contribution is -2.58. The number of amides is 5. The first-order valence-corrected chi connectivity index (χ1v) is 23.6. The van der Waals surface area contributed by atoms with Crippen LogP contribution in [0.1, 0.15) is 120 Å². The summed E-state index contributed by atoms with van der Waals surface area (Å²) >= 11 is 0. The molecule has 3 N–H and O–H groups in total. The van der Waals surface area contributed by atoms with Crippen LogP contribution in [-0.4, -0.2) is 121 Å². The van der Waals surface area contributed by atoms with Crippen molar-refractivity contribution in [1.82, 2.24) is 30.1 Å². The highest BCUT2D eigenvalue weighted by molar-refractivity contribution is 7.91. The number of ether oxygens (including phenoxy) is 2. The van der Waals surface area contributed by atoms with Gasteiger partial charge in [0.05, 0.1) is 17.8 Å². The van der Waals surface area contributed by atoms with E-state index in [1.165, 1.54) is 16.9 Å². The Morgan fingerprint density at radius 1 is 0.864 bits per heavy atom. The molecule has 0 radical (unpaired) electrons. The van der Waals surface area contributed by atoms with Gasteiger partial charge in [0.25, 0.3) is 5.91 Å². The maximum atomic E-state index is 14.7. The predicted molar refractivity (Wildman–Crippen MR) is 217 cm³/mol. The van der Waals surface area contributed by atoms with Crippen LogP contribution in [0.4, 0.5) is 9.59 Å². The zero-order valence-corrected chi connectivity index (χ0v) is 34.8. The lowest BCUT2D eigenvalue weighted by Gasteiger charge is -2.40. The molecule has 322 valence electrons. The highest BCUT2D eigenvalue weighted by Crippen LogP contribution is 2.46. The first-order chi connectivity index (χ1) is 28.5. The topological polar surface area (TPSA) is 184 Å². The first kappa shape index (κ1) is 41.5. The molecule has 3 saturated carbocycles. The smallest absolute Gasteiger partial charge is 0.410 e. The second-order valence-corrected chi connectivity index (χ2v) is 19.7. The Balaban J connectivity index is 1.04. The number of carbonyl (C=O) groups is 5. The van der Waals surface area contributed by atoms with Gasteiger partial charge in [-0.2, -0.15) is 0 Å². The molecule has 15 nitrogen and oxygen atoms in total. The summed E-state index contributed by atoms with van der Waals surface area (Å²) in [5.41, 5.74) is 0.771. The molecule has 59 heavy (non-hydrogen) atoms. The molecule has 0 spiro atoms. The summed E-state index contributed by atoms with van der Waals surface area (Å²) in [5, 5.41) is 5.06. The summed E-state index contributed by atoms with van der Waals surface area (Å²) < 4.78 is 40.0. The molecular formula is C43H60N6O9S. The van der Waals surface area contributed by atoms with Crippen LogP contribution in [-0.2, 0) is 40.3 Å². The summed E-state index contributed by atoms with van der Waals surface area (Å²) in [5.74, 6) is -2.39. The van der Waals surface area contributed by atoms with Crippen LogP contribution in [0.5, 0.6) is 0 Å². The van der Waals surface area contributed by atoms with Gasteiger partial charge in [-0.05, 0) is 108 Å². The number of likely N-dealkylation sites (tertiary alicyclic amines) is 1. The van der Waals surface area contributed by atoms with E-state index in [2.05, 4.69) is 32.4 Å². The molecule has 4 heterocycles. The van der Waals surface area contributed by atoms with Crippen molar-refractivity contribution >= 4 is 39.9 Å². The standard InChI is InChI=1S/C43H60N6O9S/c50-38-36-25-32(58-42(54)48-24-21-29-13-7-10-17-34(29)37(48)28-47-22-11-4-12-23-47)27-49(36)39(51)35(44-41(53)57-31-15-8-9-16-31)18-6-3-1-2-5-14-30-26-43(30,45-38)40(52)46-59(55,56)33-19-20-33/h5,7,10,13-14,17,30-33,35-37H,1-4,6,8-9,11-12,15-16,18-28H2,(H,44,53)(H,45,50)(H,46,52)/b14-5-/t30-,32+,35-,36-,37+,43+/m0/s1. The van der Waals surface area contributed by atoms with Crippen molar-refractivity contribution in [2.24, 2.45) is 5.92 Å². The van der Waals surface area contributed by atoms with Crippen molar-refractivity contribution in [2.45, 2.75) is 150 Å². The van der Waals surface area contributed by atoms with Gasteiger partial charge in [0.15, 0.2) is 0 Å². The van der Waals surface area contributed by atoms with Crippen molar-refractivity contribution in [3.63, 3.8) is 0 Å². The van der Waals surface area contributed by atoms with Gasteiger partial charge in [-0.25, -0.2) is 18.0 Å². The molecule has 1 aromatic rings. The SMILES string of the molecule is O=C(N[C@H]1CCCCC/C=C\[C@H]2C[C@@]2(C(=O)NS(=O)(=O)C2CC2)NC(=O)[C@@H]2C[C@@H](OC(=O)N3CCc4ccccc4[C@H]3CN3CCCCC3)CN2C1=O)OC1CCCC1.